The normalized spacial score (nSPS) is 13.8. The molecule has 0 spiro atoms. The van der Waals surface area contributed by atoms with Gasteiger partial charge >= 0.3 is 12.1 Å². The number of urea groups is 1. The van der Waals surface area contributed by atoms with Crippen LogP contribution in [-0.2, 0) is 54.3 Å². The smallest absolute Gasteiger partial charge is 0.407 e. The van der Waals surface area contributed by atoms with Gasteiger partial charge in [0, 0.05) is 68.8 Å². The number of benzene rings is 2. The third-order valence-corrected chi connectivity index (χ3v) is 12.8. The van der Waals surface area contributed by atoms with Crippen LogP contribution in [0.1, 0.15) is 62.0 Å². The summed E-state index contributed by atoms with van der Waals surface area (Å²) in [6, 6.07) is 10.8. The molecule has 0 saturated heterocycles. The molecule has 28 nitrogen and oxygen atoms in total. The van der Waals surface area contributed by atoms with E-state index in [1.54, 1.807) is 74.8 Å². The molecule has 2 unspecified atom stereocenters. The highest BCUT2D eigenvalue weighted by Crippen LogP contribution is 2.31. The monoisotopic (exact) mass is 1180 g/mol. The lowest BCUT2D eigenvalue weighted by molar-refractivity contribution is -0.137. The SMILES string of the molecule is CC(C)C(NC(=O)CCOCCOCCOCCOCCN1C(=O)C=CC1=O)C(=O)NC(CCCNC(N)=O)C(=O)Nc1ccc(COC(=O)NCCCOc2cc3cc(c2)-c2cnc(N)c(n2)C(=O)Nc2cnccc2N(C)CCCO3)cc1. The van der Waals surface area contributed by atoms with Gasteiger partial charge in [-0.05, 0) is 67.5 Å². The van der Waals surface area contributed by atoms with E-state index in [0.29, 0.717) is 85.5 Å². The van der Waals surface area contributed by atoms with Gasteiger partial charge in [-0.25, -0.2) is 19.6 Å². The predicted octanol–water partition coefficient (Wildman–Crippen LogP) is 2.68. The van der Waals surface area contributed by atoms with Crippen molar-refractivity contribution in [1.82, 2.24) is 41.1 Å². The fourth-order valence-corrected chi connectivity index (χ4v) is 8.33. The number of alkyl carbamates (subject to hydrolysis) is 1. The molecule has 4 heterocycles. The van der Waals surface area contributed by atoms with Crippen LogP contribution < -0.4 is 57.7 Å². The lowest BCUT2D eigenvalue weighted by atomic mass is 10.0. The van der Waals surface area contributed by atoms with Crippen molar-refractivity contribution < 1.29 is 71.5 Å². The molecule has 6 rings (SSSR count). The van der Waals surface area contributed by atoms with E-state index < -0.39 is 47.8 Å². The molecule has 2 aromatic heterocycles. The van der Waals surface area contributed by atoms with Gasteiger partial charge in [0.2, 0.25) is 17.7 Å². The predicted molar refractivity (Wildman–Crippen MR) is 310 cm³/mol. The van der Waals surface area contributed by atoms with Crippen molar-refractivity contribution in [2.75, 3.05) is 121 Å². The molecule has 2 atom stereocenters. The van der Waals surface area contributed by atoms with E-state index in [2.05, 4.69) is 46.9 Å². The number of ether oxygens (including phenoxy) is 7. The molecule has 2 aromatic carbocycles. The average molecular weight is 1180 g/mol. The molecule has 0 radical (unpaired) electrons. The quantitative estimate of drug-likeness (QED) is 0.0257. The summed E-state index contributed by atoms with van der Waals surface area (Å²) in [4.78, 5) is 117. The fraction of sp³-hybridized carbons (Fsp3) is 0.456. The van der Waals surface area contributed by atoms with Crippen LogP contribution in [-0.4, -0.2) is 179 Å². The summed E-state index contributed by atoms with van der Waals surface area (Å²) in [5, 5.41) is 16.3. The Kier molecular flexibility index (Phi) is 26.5. The summed E-state index contributed by atoms with van der Waals surface area (Å²) >= 11 is 0. The van der Waals surface area contributed by atoms with E-state index in [1.165, 1.54) is 18.3 Å². The summed E-state index contributed by atoms with van der Waals surface area (Å²) < 4.78 is 39.5. The molecule has 85 heavy (non-hydrogen) atoms. The van der Waals surface area contributed by atoms with Gasteiger partial charge in [-0.3, -0.25) is 38.7 Å². The van der Waals surface area contributed by atoms with Gasteiger partial charge < -0.3 is 81.4 Å². The standard InChI is InChI=1S/C57H75N13O15/c1-37(2)50(68-47(71)15-23-79-25-27-81-29-30-82-28-26-80-24-20-70-48(72)12-13-49(70)73)54(75)66-43(7-4-16-61-56(59)77)53(74)64-40-10-8-38(9-11-40)36-85-57(78)62-17-5-21-83-41-31-39-32-42(33-41)84-22-6-19-69(3)46-14-18-60-34-45(46)67-55(76)51-52(58)63-35-44(39)65-51/h8-14,18,31-35,37,43,50H,4-7,15-17,19-30,36H2,1-3H3,(H2,58,63)(H,62,78)(H,64,74)(H,66,75)(H,67,76)(H,68,71)(H3,59,61,77). The van der Waals surface area contributed by atoms with Crippen LogP contribution in [0.25, 0.3) is 11.3 Å². The molecule has 0 fully saturated rings. The van der Waals surface area contributed by atoms with Crippen molar-refractivity contribution in [3.05, 3.63) is 90.5 Å². The molecular weight excluding hydrogens is 1110 g/mol. The number of carbonyl (C=O) groups is 8. The van der Waals surface area contributed by atoms with E-state index >= 15 is 0 Å². The summed E-state index contributed by atoms with van der Waals surface area (Å²) in [6.45, 7) is 7.10. The minimum Gasteiger partial charge on any atom is -0.493 e. The Morgan fingerprint density at radius 1 is 0.800 bits per heavy atom. The first-order chi connectivity index (χ1) is 41.0. The zero-order valence-electron chi connectivity index (χ0n) is 47.9. The number of rotatable bonds is 32. The summed E-state index contributed by atoms with van der Waals surface area (Å²) in [7, 11) is 1.90. The van der Waals surface area contributed by atoms with Crippen LogP contribution in [0.5, 0.6) is 11.5 Å². The number of nitrogens with two attached hydrogens (primary N) is 2. The van der Waals surface area contributed by atoms with Crippen molar-refractivity contribution in [2.45, 2.75) is 64.6 Å². The van der Waals surface area contributed by atoms with E-state index in [-0.39, 0.29) is 114 Å². The maximum Gasteiger partial charge on any atom is 0.407 e. The Bertz CT molecular complexity index is 2910. The highest BCUT2D eigenvalue weighted by Gasteiger charge is 2.29. The van der Waals surface area contributed by atoms with E-state index in [4.69, 9.17) is 44.6 Å². The lowest BCUT2D eigenvalue weighted by Crippen LogP contribution is -2.54. The number of pyridine rings is 1. The van der Waals surface area contributed by atoms with Crippen LogP contribution in [0.15, 0.2) is 79.3 Å². The summed E-state index contributed by atoms with van der Waals surface area (Å²) in [5.74, 6) is -2.28. The number of anilines is 4. The van der Waals surface area contributed by atoms with E-state index in [9.17, 15) is 38.4 Å². The highest BCUT2D eigenvalue weighted by molar-refractivity contribution is 6.13. The molecule has 0 aliphatic carbocycles. The maximum absolute atomic E-state index is 13.7. The number of fused-ring (bicyclic) bond motifs is 6. The van der Waals surface area contributed by atoms with E-state index in [1.807, 2.05) is 11.9 Å². The first-order valence-electron chi connectivity index (χ1n) is 27.8. The number of amides is 9. The number of aromatic nitrogens is 3. The van der Waals surface area contributed by atoms with Crippen LogP contribution >= 0.6 is 0 Å². The number of primary amides is 1. The van der Waals surface area contributed by atoms with Crippen molar-refractivity contribution in [3.63, 3.8) is 0 Å². The van der Waals surface area contributed by atoms with Gasteiger partial charge in [0.25, 0.3) is 17.7 Å². The third-order valence-electron chi connectivity index (χ3n) is 12.8. The third kappa shape index (κ3) is 22.3. The average Bonchev–Trinajstić information content (AvgIpc) is 3.98. The highest BCUT2D eigenvalue weighted by atomic mass is 16.6. The largest absolute Gasteiger partial charge is 0.493 e. The Balaban J connectivity index is 0.885. The number of nitrogens with zero attached hydrogens (tertiary/aromatic N) is 5. The van der Waals surface area contributed by atoms with Crippen LogP contribution in [0.2, 0.25) is 0 Å². The second kappa shape index (κ2) is 34.6. The second-order valence-corrected chi connectivity index (χ2v) is 19.7. The van der Waals surface area contributed by atoms with Gasteiger partial charge in [-0.2, -0.15) is 0 Å². The number of hydrogen-bond donors (Lipinski definition) is 8. The van der Waals surface area contributed by atoms with Gasteiger partial charge in [-0.1, -0.05) is 26.0 Å². The minimum atomic E-state index is -1.07. The zero-order chi connectivity index (χ0) is 60.9. The molecular formula is C57H75N13O15. The van der Waals surface area contributed by atoms with Gasteiger partial charge in [-0.15, -0.1) is 0 Å². The van der Waals surface area contributed by atoms with Gasteiger partial charge in [0.1, 0.15) is 30.2 Å². The topological polar surface area (TPSA) is 371 Å². The zero-order valence-corrected chi connectivity index (χ0v) is 47.9. The van der Waals surface area contributed by atoms with Crippen LogP contribution in [0.4, 0.5) is 32.5 Å². The Hall–Kier alpha value is -8.99. The summed E-state index contributed by atoms with van der Waals surface area (Å²) in [5.41, 5.74) is 14.5. The first-order valence-corrected chi connectivity index (χ1v) is 27.8. The number of imide groups is 1. The number of nitrogen functional groups attached to an aromatic ring is 1. The Morgan fingerprint density at radius 2 is 1.49 bits per heavy atom. The minimum absolute atomic E-state index is 0.0418. The van der Waals surface area contributed by atoms with Crippen molar-refractivity contribution in [3.8, 4) is 22.8 Å². The van der Waals surface area contributed by atoms with Crippen molar-refractivity contribution in [1.29, 1.82) is 0 Å². The molecule has 10 N–H and O–H groups in total. The second-order valence-electron chi connectivity index (χ2n) is 19.7. The molecule has 4 aromatic rings. The molecule has 2 aliphatic rings. The maximum atomic E-state index is 13.7. The Labute approximate surface area is 491 Å². The van der Waals surface area contributed by atoms with Crippen molar-refractivity contribution >= 4 is 70.4 Å². The van der Waals surface area contributed by atoms with E-state index in [0.717, 1.165) is 10.6 Å². The van der Waals surface area contributed by atoms with Crippen LogP contribution in [0, 0.1) is 5.92 Å². The number of carbonyl (C=O) groups excluding carboxylic acids is 8. The Morgan fingerprint density at radius 3 is 2.20 bits per heavy atom. The molecule has 4 bridgehead atoms. The molecule has 0 saturated carbocycles. The fourth-order valence-electron chi connectivity index (χ4n) is 8.33. The van der Waals surface area contributed by atoms with Gasteiger partial charge in [0.05, 0.1) is 102 Å². The first kappa shape index (κ1) is 65.2. The number of hydrogen-bond acceptors (Lipinski definition) is 20. The molecule has 28 heteroatoms. The lowest BCUT2D eigenvalue weighted by Gasteiger charge is -2.25. The number of nitrogens with one attached hydrogen (secondary N) is 6. The van der Waals surface area contributed by atoms with Crippen molar-refractivity contribution in [2.24, 2.45) is 11.7 Å². The van der Waals surface area contributed by atoms with Crippen LogP contribution in [0.3, 0.4) is 0 Å². The molecule has 9 amide bonds. The van der Waals surface area contributed by atoms with Gasteiger partial charge in [0.15, 0.2) is 11.5 Å². The summed E-state index contributed by atoms with van der Waals surface area (Å²) in [6.07, 6.45) is 7.87. The molecule has 458 valence electrons. The molecule has 2 aliphatic heterocycles.